The number of nitrogens with two attached hydrogens (primary N) is 1. The Balaban J connectivity index is 2.23. The number of hydrogen-bond donors (Lipinski definition) is 2. The van der Waals surface area contributed by atoms with E-state index in [9.17, 15) is 12.8 Å². The molecular formula is C14H19FN2O2S2. The molecule has 1 fully saturated rings. The summed E-state index contributed by atoms with van der Waals surface area (Å²) < 4.78 is 40.9. The predicted octanol–water partition coefficient (Wildman–Crippen LogP) is 2.32. The van der Waals surface area contributed by atoms with Gasteiger partial charge in [-0.3, -0.25) is 0 Å². The van der Waals surface area contributed by atoms with Crippen molar-refractivity contribution in [2.24, 2.45) is 11.7 Å². The summed E-state index contributed by atoms with van der Waals surface area (Å²) in [7, 11) is -3.70. The van der Waals surface area contributed by atoms with Gasteiger partial charge in [-0.2, -0.15) is 0 Å². The summed E-state index contributed by atoms with van der Waals surface area (Å²) in [4.78, 5) is -0.176. The van der Waals surface area contributed by atoms with E-state index in [4.69, 9.17) is 18.0 Å². The maximum Gasteiger partial charge on any atom is 0.240 e. The second kappa shape index (κ2) is 6.37. The third kappa shape index (κ3) is 3.78. The fourth-order valence-electron chi connectivity index (χ4n) is 2.73. The number of sulfonamides is 1. The van der Waals surface area contributed by atoms with Crippen LogP contribution in [0.5, 0.6) is 0 Å². The summed E-state index contributed by atoms with van der Waals surface area (Å²) in [6.45, 7) is 1.87. The van der Waals surface area contributed by atoms with Crippen molar-refractivity contribution >= 4 is 27.2 Å². The van der Waals surface area contributed by atoms with Crippen LogP contribution in [0, 0.1) is 11.7 Å². The average molecular weight is 330 g/mol. The van der Waals surface area contributed by atoms with Gasteiger partial charge in [0.2, 0.25) is 10.0 Å². The zero-order valence-electron chi connectivity index (χ0n) is 11.8. The van der Waals surface area contributed by atoms with E-state index >= 15 is 0 Å². The fourth-order valence-corrected chi connectivity index (χ4v) is 4.22. The van der Waals surface area contributed by atoms with Crippen LogP contribution in [0.15, 0.2) is 23.1 Å². The highest BCUT2D eigenvalue weighted by Gasteiger charge is 2.26. The molecule has 1 aromatic carbocycles. The standard InChI is InChI=1S/C14H19FN2O2S2/c1-9(10-4-2-3-5-10)17-21(18,19)11-6-7-13(15)12(8-11)14(16)20/h6-10,17H,2-5H2,1H3,(H2,16,20). The van der Waals surface area contributed by atoms with Crippen molar-refractivity contribution in [1.29, 1.82) is 0 Å². The third-order valence-corrected chi connectivity index (χ3v) is 5.74. The largest absolute Gasteiger partial charge is 0.389 e. The molecule has 0 aliphatic heterocycles. The van der Waals surface area contributed by atoms with Gasteiger partial charge >= 0.3 is 0 Å². The van der Waals surface area contributed by atoms with Crippen LogP contribution < -0.4 is 10.5 Å². The lowest BCUT2D eigenvalue weighted by atomic mass is 10.0. The first-order chi connectivity index (χ1) is 9.81. The summed E-state index contributed by atoms with van der Waals surface area (Å²) >= 11 is 4.73. The van der Waals surface area contributed by atoms with Crippen LogP contribution in [-0.2, 0) is 10.0 Å². The number of thiocarbonyl (C=S) groups is 1. The van der Waals surface area contributed by atoms with Gasteiger partial charge in [0.15, 0.2) is 0 Å². The molecular weight excluding hydrogens is 311 g/mol. The highest BCUT2D eigenvalue weighted by Crippen LogP contribution is 2.28. The van der Waals surface area contributed by atoms with Gasteiger partial charge in [0.05, 0.1) is 4.90 Å². The van der Waals surface area contributed by atoms with Crippen molar-refractivity contribution in [3.05, 3.63) is 29.6 Å². The highest BCUT2D eigenvalue weighted by atomic mass is 32.2. The average Bonchev–Trinajstić information content (AvgIpc) is 2.92. The molecule has 7 heteroatoms. The third-order valence-electron chi connectivity index (χ3n) is 3.96. The molecule has 1 aliphatic carbocycles. The fraction of sp³-hybridized carbons (Fsp3) is 0.500. The normalized spacial score (nSPS) is 17.8. The molecule has 3 N–H and O–H groups in total. The Morgan fingerprint density at radius 2 is 2.05 bits per heavy atom. The van der Waals surface area contributed by atoms with Gasteiger partial charge in [-0.1, -0.05) is 25.1 Å². The topological polar surface area (TPSA) is 72.2 Å². The minimum atomic E-state index is -3.70. The summed E-state index contributed by atoms with van der Waals surface area (Å²) in [5.41, 5.74) is 5.35. The van der Waals surface area contributed by atoms with Crippen LogP contribution in [0.4, 0.5) is 4.39 Å². The smallest absolute Gasteiger partial charge is 0.240 e. The number of rotatable bonds is 5. The summed E-state index contributed by atoms with van der Waals surface area (Å²) in [5.74, 6) is -0.263. The molecule has 0 spiro atoms. The predicted molar refractivity (Wildman–Crippen MR) is 84.0 cm³/mol. The number of halogens is 1. The molecule has 116 valence electrons. The van der Waals surface area contributed by atoms with Crippen molar-refractivity contribution < 1.29 is 12.8 Å². The van der Waals surface area contributed by atoms with Crippen LogP contribution in [0.1, 0.15) is 38.2 Å². The van der Waals surface area contributed by atoms with Crippen molar-refractivity contribution in [1.82, 2.24) is 4.72 Å². The van der Waals surface area contributed by atoms with E-state index in [1.165, 1.54) is 12.1 Å². The molecule has 1 aliphatic rings. The molecule has 0 bridgehead atoms. The second-order valence-electron chi connectivity index (χ2n) is 5.46. The van der Waals surface area contributed by atoms with Gasteiger partial charge in [-0.25, -0.2) is 17.5 Å². The first-order valence-electron chi connectivity index (χ1n) is 6.93. The Kier molecular flexibility index (Phi) is 4.95. The Labute approximate surface area is 130 Å². The van der Waals surface area contributed by atoms with E-state index in [2.05, 4.69) is 4.72 Å². The van der Waals surface area contributed by atoms with Crippen molar-refractivity contribution in [2.45, 2.75) is 43.5 Å². The van der Waals surface area contributed by atoms with Gasteiger partial charge in [0, 0.05) is 11.6 Å². The SMILES string of the molecule is CC(NS(=O)(=O)c1ccc(F)c(C(N)=S)c1)C1CCCC1. The van der Waals surface area contributed by atoms with Crippen LogP contribution in [0.3, 0.4) is 0 Å². The first kappa shape index (κ1) is 16.3. The molecule has 21 heavy (non-hydrogen) atoms. The van der Waals surface area contributed by atoms with E-state index in [-0.39, 0.29) is 21.5 Å². The molecule has 0 saturated heterocycles. The minimum absolute atomic E-state index is 0.0171. The van der Waals surface area contributed by atoms with Crippen LogP contribution in [-0.4, -0.2) is 19.4 Å². The summed E-state index contributed by atoms with van der Waals surface area (Å²) in [5, 5.41) is 0. The number of hydrogen-bond acceptors (Lipinski definition) is 3. The van der Waals surface area contributed by atoms with Crippen molar-refractivity contribution in [3.8, 4) is 0 Å². The molecule has 0 radical (unpaired) electrons. The number of benzene rings is 1. The molecule has 1 saturated carbocycles. The molecule has 4 nitrogen and oxygen atoms in total. The molecule has 0 aromatic heterocycles. The maximum atomic E-state index is 13.5. The van der Waals surface area contributed by atoms with Gasteiger partial charge < -0.3 is 5.73 Å². The Morgan fingerprint density at radius 1 is 1.43 bits per heavy atom. The first-order valence-corrected chi connectivity index (χ1v) is 8.82. The minimum Gasteiger partial charge on any atom is -0.389 e. The summed E-state index contributed by atoms with van der Waals surface area (Å²) in [6.07, 6.45) is 4.34. The van der Waals surface area contributed by atoms with Crippen LogP contribution in [0.2, 0.25) is 0 Å². The van der Waals surface area contributed by atoms with E-state index in [0.29, 0.717) is 5.92 Å². The molecule has 2 rings (SSSR count). The van der Waals surface area contributed by atoms with E-state index < -0.39 is 15.8 Å². The Bertz CT molecular complexity index is 640. The zero-order valence-corrected chi connectivity index (χ0v) is 13.4. The molecule has 1 aromatic rings. The van der Waals surface area contributed by atoms with Gasteiger partial charge in [-0.05, 0) is 43.9 Å². The molecule has 1 unspecified atom stereocenters. The molecule has 0 amide bonds. The lowest BCUT2D eigenvalue weighted by Crippen LogP contribution is -2.37. The quantitative estimate of drug-likeness (QED) is 0.813. The van der Waals surface area contributed by atoms with Crippen molar-refractivity contribution in [2.75, 3.05) is 0 Å². The monoisotopic (exact) mass is 330 g/mol. The van der Waals surface area contributed by atoms with Crippen molar-refractivity contribution in [3.63, 3.8) is 0 Å². The van der Waals surface area contributed by atoms with Crippen LogP contribution in [0.25, 0.3) is 0 Å². The Morgan fingerprint density at radius 3 is 2.62 bits per heavy atom. The van der Waals surface area contributed by atoms with E-state index in [0.717, 1.165) is 31.7 Å². The van der Waals surface area contributed by atoms with Crippen LogP contribution >= 0.6 is 12.2 Å². The Hall–Kier alpha value is -1.05. The maximum absolute atomic E-state index is 13.5. The van der Waals surface area contributed by atoms with Gasteiger partial charge in [0.25, 0.3) is 0 Å². The lowest BCUT2D eigenvalue weighted by Gasteiger charge is -2.20. The van der Waals surface area contributed by atoms with Gasteiger partial charge in [0.1, 0.15) is 10.8 Å². The molecule has 1 atom stereocenters. The van der Waals surface area contributed by atoms with E-state index in [1.807, 2.05) is 6.92 Å². The summed E-state index contributed by atoms with van der Waals surface area (Å²) in [6, 6.07) is 3.33. The zero-order chi connectivity index (χ0) is 15.6. The molecule has 0 heterocycles. The highest BCUT2D eigenvalue weighted by molar-refractivity contribution is 7.89. The lowest BCUT2D eigenvalue weighted by molar-refractivity contribution is 0.424. The van der Waals surface area contributed by atoms with E-state index in [1.54, 1.807) is 0 Å². The second-order valence-corrected chi connectivity index (χ2v) is 7.61. The number of nitrogens with one attached hydrogen (secondary N) is 1. The van der Waals surface area contributed by atoms with Gasteiger partial charge in [-0.15, -0.1) is 0 Å².